The Morgan fingerprint density at radius 3 is 2.78 bits per heavy atom. The van der Waals surface area contributed by atoms with Crippen molar-refractivity contribution in [3.05, 3.63) is 59.8 Å². The summed E-state index contributed by atoms with van der Waals surface area (Å²) in [5.74, 6) is -0.858. The molecule has 0 spiro atoms. The number of anilines is 1. The van der Waals surface area contributed by atoms with Crippen LogP contribution in [0.3, 0.4) is 0 Å². The summed E-state index contributed by atoms with van der Waals surface area (Å²) in [7, 11) is 0. The van der Waals surface area contributed by atoms with Crippen molar-refractivity contribution < 1.29 is 23.5 Å². The highest BCUT2D eigenvalue weighted by Crippen LogP contribution is 2.40. The van der Waals surface area contributed by atoms with Gasteiger partial charge < -0.3 is 20.5 Å². The van der Waals surface area contributed by atoms with Gasteiger partial charge in [-0.3, -0.25) is 9.59 Å². The van der Waals surface area contributed by atoms with Gasteiger partial charge in [-0.1, -0.05) is 26.0 Å². The van der Waals surface area contributed by atoms with E-state index in [0.29, 0.717) is 36.3 Å². The molecule has 0 unspecified atom stereocenters. The molecule has 194 valence electrons. The Hall–Kier alpha value is -3.88. The summed E-state index contributed by atoms with van der Waals surface area (Å²) in [6.07, 6.45) is 2.32. The Labute approximate surface area is 213 Å². The van der Waals surface area contributed by atoms with Gasteiger partial charge in [0.15, 0.2) is 11.4 Å². The second-order valence-corrected chi connectivity index (χ2v) is 9.42. The Morgan fingerprint density at radius 2 is 2.08 bits per heavy atom. The molecule has 0 saturated carbocycles. The van der Waals surface area contributed by atoms with Gasteiger partial charge in [-0.05, 0) is 55.0 Å². The zero-order chi connectivity index (χ0) is 26.6. The summed E-state index contributed by atoms with van der Waals surface area (Å²) in [5, 5.41) is 17.1. The van der Waals surface area contributed by atoms with Crippen LogP contribution in [-0.2, 0) is 31.1 Å². The van der Waals surface area contributed by atoms with E-state index in [-0.39, 0.29) is 30.7 Å². The molecule has 37 heavy (non-hydrogen) atoms. The number of nitrogens with two attached hydrogens (primary N) is 1. The number of aromatic nitrogens is 3. The number of nitriles is 1. The third-order valence-electron chi connectivity index (χ3n) is 6.45. The Bertz CT molecular complexity index is 1320. The molecule has 4 rings (SSSR count). The van der Waals surface area contributed by atoms with Crippen LogP contribution in [0.5, 0.6) is 0 Å². The topological polar surface area (TPSA) is 145 Å². The molecule has 1 saturated heterocycles. The first kappa shape index (κ1) is 26.2. The molecule has 1 fully saturated rings. The van der Waals surface area contributed by atoms with E-state index < -0.39 is 23.7 Å². The third kappa shape index (κ3) is 5.76. The number of carbonyl (C=O) groups excluding carboxylic acids is 2. The van der Waals surface area contributed by atoms with Gasteiger partial charge in [0.05, 0.1) is 11.8 Å². The van der Waals surface area contributed by atoms with E-state index in [4.69, 9.17) is 15.2 Å². The smallest absolute Gasteiger partial charge is 0.323 e. The average Bonchev–Trinajstić information content (AvgIpc) is 3.52. The monoisotopic (exact) mass is 508 g/mol. The van der Waals surface area contributed by atoms with Crippen molar-refractivity contribution in [3.8, 4) is 6.07 Å². The number of esters is 1. The van der Waals surface area contributed by atoms with E-state index in [1.165, 1.54) is 23.0 Å². The van der Waals surface area contributed by atoms with Gasteiger partial charge in [0.25, 0.3) is 0 Å². The molecular weight excluding hydrogens is 479 g/mol. The molecule has 1 aliphatic heterocycles. The number of ether oxygens (including phenoxy) is 2. The molecule has 3 heterocycles. The van der Waals surface area contributed by atoms with E-state index in [1.54, 1.807) is 24.3 Å². The number of amides is 1. The van der Waals surface area contributed by atoms with Crippen LogP contribution in [0.1, 0.15) is 44.4 Å². The normalized spacial score (nSPS) is 20.1. The largest absolute Gasteiger partial charge is 0.462 e. The fourth-order valence-corrected chi connectivity index (χ4v) is 4.19. The minimum Gasteiger partial charge on any atom is -0.462 e. The number of fused-ring (bicyclic) bond motifs is 1. The van der Waals surface area contributed by atoms with Crippen LogP contribution in [0.4, 0.5) is 10.2 Å². The quantitative estimate of drug-likeness (QED) is 0.420. The fourth-order valence-electron chi connectivity index (χ4n) is 4.19. The minimum atomic E-state index is -1.30. The lowest BCUT2D eigenvalue weighted by molar-refractivity contribution is -0.151. The number of aryl methyl sites for hydroxylation is 1. The molecule has 1 aromatic carbocycles. The first-order valence-corrected chi connectivity index (χ1v) is 12.1. The SMILES string of the molecule is CC(C)[C@H](N)C(=O)OC[C@@H]1CC[C@](C#N)(c2ccc3c(NC(=O)CCc4ccc(F)cc4)ncnn23)O1. The lowest BCUT2D eigenvalue weighted by Gasteiger charge is -2.22. The van der Waals surface area contributed by atoms with Gasteiger partial charge >= 0.3 is 5.97 Å². The van der Waals surface area contributed by atoms with Crippen molar-refractivity contribution in [1.82, 2.24) is 14.6 Å². The third-order valence-corrected chi connectivity index (χ3v) is 6.45. The van der Waals surface area contributed by atoms with Crippen LogP contribution in [0, 0.1) is 23.1 Å². The number of hydrogen-bond donors (Lipinski definition) is 2. The zero-order valence-electron chi connectivity index (χ0n) is 20.7. The summed E-state index contributed by atoms with van der Waals surface area (Å²) in [6, 6.07) is 10.9. The number of carbonyl (C=O) groups is 2. The predicted octanol–water partition coefficient (Wildman–Crippen LogP) is 2.86. The summed E-state index contributed by atoms with van der Waals surface area (Å²) in [4.78, 5) is 28.8. The highest BCUT2D eigenvalue weighted by atomic mass is 19.1. The zero-order valence-corrected chi connectivity index (χ0v) is 20.7. The molecule has 1 amide bonds. The summed E-state index contributed by atoms with van der Waals surface area (Å²) in [6.45, 7) is 3.66. The molecular formula is C26H29FN6O4. The number of benzene rings is 1. The number of rotatable bonds is 9. The van der Waals surface area contributed by atoms with Gasteiger partial charge in [0.2, 0.25) is 5.91 Å². The molecule has 0 radical (unpaired) electrons. The highest BCUT2D eigenvalue weighted by molar-refractivity contribution is 5.93. The molecule has 1 aliphatic rings. The van der Waals surface area contributed by atoms with E-state index in [9.17, 15) is 19.2 Å². The maximum absolute atomic E-state index is 13.1. The molecule has 3 aromatic rings. The Kier molecular flexibility index (Phi) is 7.80. The van der Waals surface area contributed by atoms with E-state index in [1.807, 2.05) is 13.8 Å². The maximum Gasteiger partial charge on any atom is 0.323 e. The Balaban J connectivity index is 1.44. The standard InChI is InChI=1S/C26H29FN6O4/c1-16(2)23(29)25(35)36-13-19-11-12-26(14-28,37-19)21-9-8-20-24(30-15-31-33(20)21)32-22(34)10-5-17-3-6-18(27)7-4-17/h3-4,6-9,15-16,19,23H,5,10-13,29H2,1-2H3,(H,30,31,32,34)/t19-,23-,26-/m0/s1. The summed E-state index contributed by atoms with van der Waals surface area (Å²) < 4.78 is 26.0. The molecule has 0 bridgehead atoms. The van der Waals surface area contributed by atoms with Gasteiger partial charge in [0.1, 0.15) is 36.4 Å². The first-order chi connectivity index (χ1) is 17.7. The van der Waals surface area contributed by atoms with Gasteiger partial charge in [-0.15, -0.1) is 0 Å². The number of nitrogens with zero attached hydrogens (tertiary/aromatic N) is 4. The van der Waals surface area contributed by atoms with Crippen LogP contribution in [0.2, 0.25) is 0 Å². The van der Waals surface area contributed by atoms with Crippen LogP contribution < -0.4 is 11.1 Å². The molecule has 3 N–H and O–H groups in total. The maximum atomic E-state index is 13.1. The van der Waals surface area contributed by atoms with Crippen molar-refractivity contribution in [2.75, 3.05) is 11.9 Å². The fraction of sp³-hybridized carbons (Fsp3) is 0.423. The van der Waals surface area contributed by atoms with Crippen molar-refractivity contribution in [3.63, 3.8) is 0 Å². The average molecular weight is 509 g/mol. The van der Waals surface area contributed by atoms with E-state index in [2.05, 4.69) is 21.5 Å². The molecule has 3 atom stereocenters. The predicted molar refractivity (Wildman–Crippen MR) is 132 cm³/mol. The summed E-state index contributed by atoms with van der Waals surface area (Å²) in [5.41, 5.74) is 6.37. The van der Waals surface area contributed by atoms with Gasteiger partial charge in [-0.25, -0.2) is 13.9 Å². The highest BCUT2D eigenvalue weighted by Gasteiger charge is 2.45. The van der Waals surface area contributed by atoms with Crippen LogP contribution in [0.15, 0.2) is 42.7 Å². The van der Waals surface area contributed by atoms with Crippen LogP contribution >= 0.6 is 0 Å². The van der Waals surface area contributed by atoms with Crippen LogP contribution in [0.25, 0.3) is 5.52 Å². The molecule has 0 aliphatic carbocycles. The number of hydrogen-bond acceptors (Lipinski definition) is 8. The Morgan fingerprint density at radius 1 is 1.32 bits per heavy atom. The van der Waals surface area contributed by atoms with Crippen molar-refractivity contribution in [2.45, 2.75) is 57.3 Å². The minimum absolute atomic E-state index is 0.00363. The number of nitrogens with one attached hydrogen (secondary N) is 1. The second-order valence-electron chi connectivity index (χ2n) is 9.42. The van der Waals surface area contributed by atoms with Gasteiger partial charge in [-0.2, -0.15) is 10.4 Å². The van der Waals surface area contributed by atoms with Crippen molar-refractivity contribution >= 4 is 23.2 Å². The lowest BCUT2D eigenvalue weighted by atomic mass is 9.98. The molecule has 2 aromatic heterocycles. The lowest BCUT2D eigenvalue weighted by Crippen LogP contribution is -2.38. The molecule has 10 nitrogen and oxygen atoms in total. The van der Waals surface area contributed by atoms with Gasteiger partial charge in [0, 0.05) is 6.42 Å². The van der Waals surface area contributed by atoms with E-state index in [0.717, 1.165) is 5.56 Å². The van der Waals surface area contributed by atoms with E-state index >= 15 is 0 Å². The van der Waals surface area contributed by atoms with Crippen molar-refractivity contribution in [1.29, 1.82) is 5.26 Å². The molecule has 11 heteroatoms. The first-order valence-electron chi connectivity index (χ1n) is 12.1. The number of halogens is 1. The summed E-state index contributed by atoms with van der Waals surface area (Å²) >= 11 is 0. The van der Waals surface area contributed by atoms with Crippen molar-refractivity contribution in [2.24, 2.45) is 11.7 Å². The van der Waals surface area contributed by atoms with Crippen LogP contribution in [-0.4, -0.2) is 45.2 Å². The second kappa shape index (κ2) is 11.0.